The number of nitrogens with one attached hydrogen (secondary N) is 1. The Bertz CT molecular complexity index is 1100. The number of carbonyl (C=O) groups excluding carboxylic acids is 3. The standard InChI is InChI=1S/C27H34N4O5/c1-17-14-31(26(33)20-6-5-11-28-13-20)18(2)16-36-23-12-21(29-25(32)19-7-8-19)9-10-22(23)27(34)30(3)15-24(17)35-4/h5-6,9-13,17-19,24H,7-8,14-16H2,1-4H3,(H,29,32)/t17-,18+,24+/m0/s1. The maximum absolute atomic E-state index is 13.5. The Morgan fingerprint density at radius 3 is 2.61 bits per heavy atom. The number of ether oxygens (including phenoxy) is 2. The summed E-state index contributed by atoms with van der Waals surface area (Å²) in [5.74, 6) is 0.00424. The van der Waals surface area contributed by atoms with Gasteiger partial charge in [0.05, 0.1) is 23.3 Å². The molecule has 192 valence electrons. The van der Waals surface area contributed by atoms with Crippen molar-refractivity contribution >= 4 is 23.4 Å². The van der Waals surface area contributed by atoms with Gasteiger partial charge in [-0.3, -0.25) is 19.4 Å². The van der Waals surface area contributed by atoms with Gasteiger partial charge in [-0.1, -0.05) is 6.92 Å². The summed E-state index contributed by atoms with van der Waals surface area (Å²) in [6.07, 6.45) is 4.70. The molecule has 1 saturated carbocycles. The molecule has 1 aromatic heterocycles. The third kappa shape index (κ3) is 5.84. The second-order valence-electron chi connectivity index (χ2n) is 9.77. The number of amides is 3. The van der Waals surface area contributed by atoms with Gasteiger partial charge in [0.25, 0.3) is 11.8 Å². The number of likely N-dealkylation sites (N-methyl/N-ethyl adjacent to an activating group) is 1. The van der Waals surface area contributed by atoms with E-state index < -0.39 is 0 Å². The molecule has 1 aliphatic heterocycles. The van der Waals surface area contributed by atoms with Crippen LogP contribution in [0.3, 0.4) is 0 Å². The van der Waals surface area contributed by atoms with E-state index in [1.165, 1.54) is 0 Å². The number of hydrogen-bond acceptors (Lipinski definition) is 6. The van der Waals surface area contributed by atoms with Crippen LogP contribution in [-0.2, 0) is 9.53 Å². The third-order valence-electron chi connectivity index (χ3n) is 6.83. The first kappa shape index (κ1) is 25.6. The van der Waals surface area contributed by atoms with Gasteiger partial charge >= 0.3 is 0 Å². The number of pyridine rings is 1. The number of benzene rings is 1. The molecule has 0 saturated heterocycles. The van der Waals surface area contributed by atoms with E-state index in [0.717, 1.165) is 12.8 Å². The summed E-state index contributed by atoms with van der Waals surface area (Å²) in [5, 5.41) is 2.91. The number of rotatable bonds is 4. The summed E-state index contributed by atoms with van der Waals surface area (Å²) in [6.45, 7) is 4.86. The third-order valence-corrected chi connectivity index (χ3v) is 6.83. The van der Waals surface area contributed by atoms with Crippen LogP contribution in [0.2, 0.25) is 0 Å². The molecule has 3 amide bonds. The van der Waals surface area contributed by atoms with Gasteiger partial charge in [-0.05, 0) is 44.0 Å². The highest BCUT2D eigenvalue weighted by Gasteiger charge is 2.32. The van der Waals surface area contributed by atoms with Gasteiger partial charge in [-0.2, -0.15) is 0 Å². The number of hydrogen-bond donors (Lipinski definition) is 1. The van der Waals surface area contributed by atoms with E-state index in [1.807, 2.05) is 13.8 Å². The van der Waals surface area contributed by atoms with E-state index in [-0.39, 0.29) is 48.3 Å². The Hall–Kier alpha value is -3.46. The molecule has 2 heterocycles. The van der Waals surface area contributed by atoms with Crippen molar-refractivity contribution in [2.45, 2.75) is 38.8 Å². The largest absolute Gasteiger partial charge is 0.491 e. The zero-order valence-electron chi connectivity index (χ0n) is 21.3. The number of anilines is 1. The molecular formula is C27H34N4O5. The van der Waals surface area contributed by atoms with Gasteiger partial charge < -0.3 is 24.6 Å². The number of nitrogens with zero attached hydrogens (tertiary/aromatic N) is 3. The molecule has 0 radical (unpaired) electrons. The maximum atomic E-state index is 13.5. The van der Waals surface area contributed by atoms with E-state index >= 15 is 0 Å². The zero-order chi connectivity index (χ0) is 25.8. The first-order chi connectivity index (χ1) is 17.3. The van der Waals surface area contributed by atoms with Gasteiger partial charge in [0.2, 0.25) is 5.91 Å². The van der Waals surface area contributed by atoms with Crippen molar-refractivity contribution in [3.63, 3.8) is 0 Å². The molecule has 0 bridgehead atoms. The molecule has 1 N–H and O–H groups in total. The summed E-state index contributed by atoms with van der Waals surface area (Å²) in [5.41, 5.74) is 1.46. The average Bonchev–Trinajstić information content (AvgIpc) is 3.74. The number of methoxy groups -OCH3 is 1. The lowest BCUT2D eigenvalue weighted by molar-refractivity contribution is -0.117. The van der Waals surface area contributed by atoms with E-state index in [0.29, 0.717) is 35.7 Å². The van der Waals surface area contributed by atoms with Crippen molar-refractivity contribution in [1.82, 2.24) is 14.8 Å². The summed E-state index contributed by atoms with van der Waals surface area (Å²) < 4.78 is 11.9. The van der Waals surface area contributed by atoms with Gasteiger partial charge in [0, 0.05) is 63.2 Å². The lowest BCUT2D eigenvalue weighted by atomic mass is 10.0. The molecule has 1 aliphatic carbocycles. The van der Waals surface area contributed by atoms with Crippen LogP contribution in [0.4, 0.5) is 5.69 Å². The van der Waals surface area contributed by atoms with Crippen LogP contribution >= 0.6 is 0 Å². The molecule has 9 heteroatoms. The van der Waals surface area contributed by atoms with Gasteiger partial charge in [-0.15, -0.1) is 0 Å². The van der Waals surface area contributed by atoms with Crippen molar-refractivity contribution < 1.29 is 23.9 Å². The fraction of sp³-hybridized carbons (Fsp3) is 0.481. The molecule has 0 unspecified atom stereocenters. The lowest BCUT2D eigenvalue weighted by Crippen LogP contribution is -2.48. The number of fused-ring (bicyclic) bond motifs is 1. The van der Waals surface area contributed by atoms with Crippen LogP contribution in [0.1, 0.15) is 47.4 Å². The van der Waals surface area contributed by atoms with Crippen LogP contribution in [0.5, 0.6) is 5.75 Å². The van der Waals surface area contributed by atoms with Gasteiger partial charge in [0.1, 0.15) is 12.4 Å². The Balaban J connectivity index is 1.66. The van der Waals surface area contributed by atoms with Crippen LogP contribution in [0.15, 0.2) is 42.7 Å². The summed E-state index contributed by atoms with van der Waals surface area (Å²) in [7, 11) is 3.34. The highest BCUT2D eigenvalue weighted by Crippen LogP contribution is 2.32. The Labute approximate surface area is 211 Å². The van der Waals surface area contributed by atoms with Gasteiger partial charge in [-0.25, -0.2) is 0 Å². The molecule has 1 aromatic carbocycles. The van der Waals surface area contributed by atoms with E-state index in [2.05, 4.69) is 10.3 Å². The van der Waals surface area contributed by atoms with E-state index in [9.17, 15) is 14.4 Å². The Morgan fingerprint density at radius 2 is 1.94 bits per heavy atom. The summed E-state index contributed by atoms with van der Waals surface area (Å²) in [4.78, 5) is 46.5. The number of carbonyl (C=O) groups is 3. The fourth-order valence-electron chi connectivity index (χ4n) is 4.38. The molecule has 2 aliphatic rings. The maximum Gasteiger partial charge on any atom is 0.257 e. The second-order valence-corrected chi connectivity index (χ2v) is 9.77. The number of aromatic nitrogens is 1. The zero-order valence-corrected chi connectivity index (χ0v) is 21.3. The SMILES string of the molecule is CO[C@@H]1CN(C)C(=O)c2ccc(NC(=O)C3CC3)cc2OC[C@@H](C)N(C(=O)c2cccnc2)C[C@@H]1C. The molecule has 0 spiro atoms. The predicted octanol–water partition coefficient (Wildman–Crippen LogP) is 3.08. The normalized spacial score (nSPS) is 23.1. The van der Waals surface area contributed by atoms with E-state index in [1.54, 1.807) is 66.7 Å². The molecule has 3 atom stereocenters. The minimum atomic E-state index is -0.303. The van der Waals surface area contributed by atoms with Crippen LogP contribution < -0.4 is 10.1 Å². The Morgan fingerprint density at radius 1 is 1.17 bits per heavy atom. The van der Waals surface area contributed by atoms with Crippen molar-refractivity contribution in [2.75, 3.05) is 39.2 Å². The molecule has 36 heavy (non-hydrogen) atoms. The van der Waals surface area contributed by atoms with Crippen LogP contribution in [0, 0.1) is 11.8 Å². The highest BCUT2D eigenvalue weighted by molar-refractivity contribution is 5.99. The molecule has 2 aromatic rings. The minimum Gasteiger partial charge on any atom is -0.491 e. The van der Waals surface area contributed by atoms with Crippen molar-refractivity contribution in [2.24, 2.45) is 11.8 Å². The first-order valence-corrected chi connectivity index (χ1v) is 12.4. The van der Waals surface area contributed by atoms with Crippen molar-refractivity contribution in [3.8, 4) is 5.75 Å². The minimum absolute atomic E-state index is 0.0231. The lowest BCUT2D eigenvalue weighted by Gasteiger charge is -2.36. The quantitative estimate of drug-likeness (QED) is 0.701. The van der Waals surface area contributed by atoms with E-state index in [4.69, 9.17) is 9.47 Å². The topological polar surface area (TPSA) is 101 Å². The van der Waals surface area contributed by atoms with Gasteiger partial charge in [0.15, 0.2) is 0 Å². The fourth-order valence-corrected chi connectivity index (χ4v) is 4.38. The highest BCUT2D eigenvalue weighted by atomic mass is 16.5. The monoisotopic (exact) mass is 494 g/mol. The second kappa shape index (κ2) is 11.1. The summed E-state index contributed by atoms with van der Waals surface area (Å²) >= 11 is 0. The molecule has 1 fully saturated rings. The average molecular weight is 495 g/mol. The molecule has 9 nitrogen and oxygen atoms in total. The summed E-state index contributed by atoms with van der Waals surface area (Å²) in [6, 6.07) is 8.26. The predicted molar refractivity (Wildman–Crippen MR) is 135 cm³/mol. The van der Waals surface area contributed by atoms with Crippen LogP contribution in [0.25, 0.3) is 0 Å². The smallest absolute Gasteiger partial charge is 0.257 e. The van der Waals surface area contributed by atoms with Crippen molar-refractivity contribution in [3.05, 3.63) is 53.9 Å². The Kier molecular flexibility index (Phi) is 7.88. The molecule has 4 rings (SSSR count). The van der Waals surface area contributed by atoms with Crippen LogP contribution in [-0.4, -0.2) is 78.5 Å². The first-order valence-electron chi connectivity index (χ1n) is 12.4. The molecular weight excluding hydrogens is 460 g/mol. The van der Waals surface area contributed by atoms with Crippen molar-refractivity contribution in [1.29, 1.82) is 0 Å².